The van der Waals surface area contributed by atoms with Gasteiger partial charge in [-0.25, -0.2) is 0 Å². The summed E-state index contributed by atoms with van der Waals surface area (Å²) in [7, 11) is 0. The van der Waals surface area contributed by atoms with Crippen LogP contribution < -0.4 is 0 Å². The summed E-state index contributed by atoms with van der Waals surface area (Å²) in [6.45, 7) is 7.01. The maximum atomic E-state index is 11.8. The van der Waals surface area contributed by atoms with Gasteiger partial charge in [0.2, 0.25) is 0 Å². The van der Waals surface area contributed by atoms with Gasteiger partial charge in [0.25, 0.3) is 0 Å². The highest BCUT2D eigenvalue weighted by molar-refractivity contribution is 6.00. The van der Waals surface area contributed by atoms with Gasteiger partial charge in [0.15, 0.2) is 0 Å². The fraction of sp³-hybridized carbons (Fsp3) is 0.786. The third-order valence-corrected chi connectivity index (χ3v) is 2.97. The average Bonchev–Trinajstić information content (AvgIpc) is 2.27. The Labute approximate surface area is 113 Å². The summed E-state index contributed by atoms with van der Waals surface area (Å²) in [5.74, 6) is -2.20. The minimum atomic E-state index is -0.819. The van der Waals surface area contributed by atoms with Gasteiger partial charge < -0.3 is 9.47 Å². The van der Waals surface area contributed by atoms with E-state index < -0.39 is 11.9 Å². The zero-order valence-corrected chi connectivity index (χ0v) is 12.0. The van der Waals surface area contributed by atoms with Crippen LogP contribution >= 0.6 is 0 Å². The van der Waals surface area contributed by atoms with Gasteiger partial charge in [-0.15, -0.1) is 0 Å². The standard InChI is InChI=1S/C14H22O5/c1-8(2)18-13(16)10-5-6-12(15)11(7-10)14(17)19-9(3)4/h8-11H,5-7H2,1-4H3. The van der Waals surface area contributed by atoms with Crippen LogP contribution in [-0.4, -0.2) is 29.9 Å². The summed E-state index contributed by atoms with van der Waals surface area (Å²) in [6, 6.07) is 0. The zero-order valence-electron chi connectivity index (χ0n) is 12.0. The number of ketones is 1. The Balaban J connectivity index is 2.65. The number of ether oxygens (including phenoxy) is 2. The Morgan fingerprint density at radius 2 is 1.58 bits per heavy atom. The first kappa shape index (κ1) is 15.7. The van der Waals surface area contributed by atoms with Gasteiger partial charge in [-0.3, -0.25) is 14.4 Å². The summed E-state index contributed by atoms with van der Waals surface area (Å²) < 4.78 is 10.2. The van der Waals surface area contributed by atoms with Gasteiger partial charge in [-0.1, -0.05) is 0 Å². The molecule has 0 heterocycles. The molecule has 1 aliphatic rings. The molecule has 2 atom stereocenters. The van der Waals surface area contributed by atoms with Gasteiger partial charge in [0.05, 0.1) is 18.1 Å². The van der Waals surface area contributed by atoms with Crippen LogP contribution in [0.25, 0.3) is 0 Å². The smallest absolute Gasteiger partial charge is 0.316 e. The van der Waals surface area contributed by atoms with Crippen LogP contribution in [-0.2, 0) is 23.9 Å². The predicted octanol–water partition coefficient (Wildman–Crippen LogP) is 1.87. The molecule has 19 heavy (non-hydrogen) atoms. The summed E-state index contributed by atoms with van der Waals surface area (Å²) in [4.78, 5) is 35.4. The van der Waals surface area contributed by atoms with Crippen molar-refractivity contribution >= 4 is 17.7 Å². The van der Waals surface area contributed by atoms with Crippen LogP contribution in [0.3, 0.4) is 0 Å². The van der Waals surface area contributed by atoms with Crippen molar-refractivity contribution in [1.82, 2.24) is 0 Å². The molecule has 0 N–H and O–H groups in total. The number of carbonyl (C=O) groups excluding carboxylic acids is 3. The summed E-state index contributed by atoms with van der Waals surface area (Å²) in [5.41, 5.74) is 0. The fourth-order valence-corrected chi connectivity index (χ4v) is 2.11. The van der Waals surface area contributed by atoms with Crippen molar-refractivity contribution in [1.29, 1.82) is 0 Å². The van der Waals surface area contributed by atoms with E-state index in [9.17, 15) is 14.4 Å². The number of Topliss-reactive ketones (excluding diaryl/α,β-unsaturated/α-hetero) is 1. The largest absolute Gasteiger partial charge is 0.463 e. The lowest BCUT2D eigenvalue weighted by molar-refractivity contribution is -0.161. The number of hydrogen-bond donors (Lipinski definition) is 0. The molecule has 5 nitrogen and oxygen atoms in total. The lowest BCUT2D eigenvalue weighted by Gasteiger charge is -2.26. The van der Waals surface area contributed by atoms with Crippen LogP contribution in [0.2, 0.25) is 0 Å². The summed E-state index contributed by atoms with van der Waals surface area (Å²) in [6.07, 6.45) is 0.441. The van der Waals surface area contributed by atoms with E-state index in [2.05, 4.69) is 0 Å². The van der Waals surface area contributed by atoms with E-state index in [4.69, 9.17) is 9.47 Å². The van der Waals surface area contributed by atoms with E-state index >= 15 is 0 Å². The molecule has 0 aromatic carbocycles. The van der Waals surface area contributed by atoms with Gasteiger partial charge in [-0.05, 0) is 40.5 Å². The molecule has 1 saturated carbocycles. The lowest BCUT2D eigenvalue weighted by atomic mass is 9.80. The highest BCUT2D eigenvalue weighted by Gasteiger charge is 2.38. The van der Waals surface area contributed by atoms with E-state index in [0.29, 0.717) is 6.42 Å². The van der Waals surface area contributed by atoms with Crippen LogP contribution in [0.15, 0.2) is 0 Å². The Hall–Kier alpha value is -1.39. The van der Waals surface area contributed by atoms with E-state index in [1.165, 1.54) is 0 Å². The van der Waals surface area contributed by atoms with Crippen molar-refractivity contribution in [2.24, 2.45) is 11.8 Å². The minimum absolute atomic E-state index is 0.140. The SMILES string of the molecule is CC(C)OC(=O)C1CCC(=O)C(C(=O)OC(C)C)C1. The summed E-state index contributed by atoms with van der Waals surface area (Å²) >= 11 is 0. The summed E-state index contributed by atoms with van der Waals surface area (Å²) in [5, 5.41) is 0. The molecule has 0 aromatic heterocycles. The Morgan fingerprint density at radius 3 is 2.11 bits per heavy atom. The third kappa shape index (κ3) is 4.65. The van der Waals surface area contributed by atoms with Crippen molar-refractivity contribution in [2.75, 3.05) is 0 Å². The van der Waals surface area contributed by atoms with Crippen LogP contribution in [0.5, 0.6) is 0 Å². The van der Waals surface area contributed by atoms with Gasteiger partial charge in [0.1, 0.15) is 11.7 Å². The topological polar surface area (TPSA) is 69.7 Å². The molecule has 108 valence electrons. The molecule has 0 radical (unpaired) electrons. The molecule has 5 heteroatoms. The molecule has 0 spiro atoms. The molecule has 0 amide bonds. The molecular weight excluding hydrogens is 248 g/mol. The maximum absolute atomic E-state index is 11.8. The quantitative estimate of drug-likeness (QED) is 0.576. The highest BCUT2D eigenvalue weighted by Crippen LogP contribution is 2.29. The first-order valence-electron chi connectivity index (χ1n) is 6.75. The van der Waals surface area contributed by atoms with Crippen LogP contribution in [0, 0.1) is 11.8 Å². The van der Waals surface area contributed by atoms with E-state index in [1.54, 1.807) is 27.7 Å². The lowest BCUT2D eigenvalue weighted by Crippen LogP contribution is -2.37. The van der Waals surface area contributed by atoms with Crippen molar-refractivity contribution in [3.05, 3.63) is 0 Å². The van der Waals surface area contributed by atoms with Crippen molar-refractivity contribution in [2.45, 2.75) is 59.2 Å². The molecule has 2 unspecified atom stereocenters. The monoisotopic (exact) mass is 270 g/mol. The maximum Gasteiger partial charge on any atom is 0.316 e. The fourth-order valence-electron chi connectivity index (χ4n) is 2.11. The number of hydrogen-bond acceptors (Lipinski definition) is 5. The van der Waals surface area contributed by atoms with Gasteiger partial charge in [0, 0.05) is 6.42 Å². The van der Waals surface area contributed by atoms with Crippen molar-refractivity contribution in [3.63, 3.8) is 0 Å². The van der Waals surface area contributed by atoms with Crippen LogP contribution in [0.1, 0.15) is 47.0 Å². The molecule has 1 aliphatic carbocycles. The second kappa shape index (κ2) is 6.68. The Morgan fingerprint density at radius 1 is 1.05 bits per heavy atom. The first-order chi connectivity index (χ1) is 8.81. The number of carbonyl (C=O) groups is 3. The Kier molecular flexibility index (Phi) is 5.51. The highest BCUT2D eigenvalue weighted by atomic mass is 16.5. The second-order valence-electron chi connectivity index (χ2n) is 5.46. The molecule has 0 aliphatic heterocycles. The first-order valence-corrected chi connectivity index (χ1v) is 6.75. The second-order valence-corrected chi connectivity index (χ2v) is 5.46. The molecule has 1 fully saturated rings. The van der Waals surface area contributed by atoms with Crippen molar-refractivity contribution in [3.8, 4) is 0 Å². The van der Waals surface area contributed by atoms with Gasteiger partial charge >= 0.3 is 11.9 Å². The third-order valence-electron chi connectivity index (χ3n) is 2.97. The number of esters is 2. The van der Waals surface area contributed by atoms with E-state index in [-0.39, 0.29) is 42.7 Å². The molecule has 1 rings (SSSR count). The normalized spacial score (nSPS) is 23.6. The molecule has 0 aromatic rings. The van der Waals surface area contributed by atoms with Gasteiger partial charge in [-0.2, -0.15) is 0 Å². The van der Waals surface area contributed by atoms with E-state index in [1.807, 2.05) is 0 Å². The van der Waals surface area contributed by atoms with Crippen LogP contribution in [0.4, 0.5) is 0 Å². The minimum Gasteiger partial charge on any atom is -0.463 e. The van der Waals surface area contributed by atoms with Crippen molar-refractivity contribution < 1.29 is 23.9 Å². The molecular formula is C14H22O5. The molecule has 0 bridgehead atoms. The molecule has 0 saturated heterocycles. The Bertz CT molecular complexity index is 359. The van der Waals surface area contributed by atoms with E-state index in [0.717, 1.165) is 0 Å². The zero-order chi connectivity index (χ0) is 14.6. The average molecular weight is 270 g/mol. The number of rotatable bonds is 4. The predicted molar refractivity (Wildman–Crippen MR) is 68.3 cm³/mol.